The second-order valence-corrected chi connectivity index (χ2v) is 7.85. The third kappa shape index (κ3) is 6.09. The number of rotatable bonds is 5. The van der Waals surface area contributed by atoms with E-state index >= 15 is 0 Å². The molecule has 7 nitrogen and oxygen atoms in total. The number of carbonyl (C=O) groups excluding carboxylic acids is 3. The SMILES string of the molecule is CCOC(=O)c1c(NC(=O)C2CCN(C(=O)OCC(F)(F)F)CC2)sc(C)c1C. The number of amides is 2. The van der Waals surface area contributed by atoms with E-state index in [4.69, 9.17) is 4.74 Å². The van der Waals surface area contributed by atoms with Gasteiger partial charge in [0, 0.05) is 23.9 Å². The fraction of sp³-hybridized carbons (Fsp3) is 0.611. The molecule has 11 heteroatoms. The molecule has 0 spiro atoms. The lowest BCUT2D eigenvalue weighted by Gasteiger charge is -2.30. The number of likely N-dealkylation sites (tertiary alicyclic amines) is 1. The first-order chi connectivity index (χ1) is 13.5. The number of halogens is 3. The van der Waals surface area contributed by atoms with Crippen LogP contribution >= 0.6 is 11.3 Å². The lowest BCUT2D eigenvalue weighted by molar-refractivity contribution is -0.162. The summed E-state index contributed by atoms with van der Waals surface area (Å²) in [5.74, 6) is -1.24. The van der Waals surface area contributed by atoms with Crippen LogP contribution in [0, 0.1) is 19.8 Å². The maximum atomic E-state index is 12.6. The molecule has 2 heterocycles. The minimum Gasteiger partial charge on any atom is -0.462 e. The van der Waals surface area contributed by atoms with Crippen molar-refractivity contribution in [1.29, 1.82) is 0 Å². The van der Waals surface area contributed by atoms with Crippen LogP contribution in [-0.4, -0.2) is 55.3 Å². The molecule has 0 saturated carbocycles. The number of hydrogen-bond donors (Lipinski definition) is 1. The minimum atomic E-state index is -4.58. The predicted octanol–water partition coefficient (Wildman–Crippen LogP) is 3.89. The second-order valence-electron chi connectivity index (χ2n) is 6.63. The normalized spacial score (nSPS) is 15.2. The number of hydrogen-bond acceptors (Lipinski definition) is 6. The Morgan fingerprint density at radius 3 is 2.34 bits per heavy atom. The van der Waals surface area contributed by atoms with Gasteiger partial charge in [-0.2, -0.15) is 13.2 Å². The van der Waals surface area contributed by atoms with Crippen LogP contribution in [0.3, 0.4) is 0 Å². The maximum Gasteiger partial charge on any atom is 0.422 e. The van der Waals surface area contributed by atoms with Gasteiger partial charge < -0.3 is 19.7 Å². The van der Waals surface area contributed by atoms with Crippen LogP contribution in [0.25, 0.3) is 0 Å². The number of anilines is 1. The van der Waals surface area contributed by atoms with Gasteiger partial charge >= 0.3 is 18.2 Å². The number of esters is 1. The first-order valence-electron chi connectivity index (χ1n) is 9.10. The Balaban J connectivity index is 1.95. The molecule has 2 rings (SSSR count). The minimum absolute atomic E-state index is 0.113. The zero-order valence-corrected chi connectivity index (χ0v) is 17.2. The summed E-state index contributed by atoms with van der Waals surface area (Å²) in [5, 5.41) is 3.18. The van der Waals surface area contributed by atoms with Crippen molar-refractivity contribution in [3.8, 4) is 0 Å². The summed E-state index contributed by atoms with van der Waals surface area (Å²) in [7, 11) is 0. The summed E-state index contributed by atoms with van der Waals surface area (Å²) < 4.78 is 45.7. The van der Waals surface area contributed by atoms with Gasteiger partial charge in [-0.1, -0.05) is 0 Å². The van der Waals surface area contributed by atoms with Gasteiger partial charge in [0.1, 0.15) is 5.00 Å². The molecule has 2 amide bonds. The van der Waals surface area contributed by atoms with E-state index in [0.29, 0.717) is 10.6 Å². The third-order valence-electron chi connectivity index (χ3n) is 4.58. The van der Waals surface area contributed by atoms with Gasteiger partial charge in [0.05, 0.1) is 12.2 Å². The van der Waals surface area contributed by atoms with Crippen molar-refractivity contribution in [2.75, 3.05) is 31.6 Å². The zero-order chi connectivity index (χ0) is 21.8. The quantitative estimate of drug-likeness (QED) is 0.708. The standard InChI is InChI=1S/C18H23F3N2O5S/c1-4-27-16(25)13-10(2)11(3)29-15(13)22-14(24)12-5-7-23(8-6-12)17(26)28-9-18(19,20)21/h12H,4-9H2,1-3H3,(H,22,24). The van der Waals surface area contributed by atoms with E-state index < -0.39 is 30.8 Å². The van der Waals surface area contributed by atoms with Crippen molar-refractivity contribution in [1.82, 2.24) is 4.90 Å². The molecule has 0 aromatic carbocycles. The van der Waals surface area contributed by atoms with Crippen molar-refractivity contribution in [2.24, 2.45) is 5.92 Å². The fourth-order valence-corrected chi connectivity index (χ4v) is 3.99. The van der Waals surface area contributed by atoms with Crippen molar-refractivity contribution < 1.29 is 37.0 Å². The molecule has 1 aromatic rings. The summed E-state index contributed by atoms with van der Waals surface area (Å²) in [6.07, 6.45) is -5.06. The summed E-state index contributed by atoms with van der Waals surface area (Å²) in [6, 6.07) is 0. The number of thiophene rings is 1. The maximum absolute atomic E-state index is 12.6. The number of ether oxygens (including phenoxy) is 2. The van der Waals surface area contributed by atoms with Crippen LogP contribution in [0.15, 0.2) is 0 Å². The summed E-state index contributed by atoms with van der Waals surface area (Å²) in [5.41, 5.74) is 1.07. The first kappa shape index (κ1) is 23.0. The molecule has 1 N–H and O–H groups in total. The average molecular weight is 436 g/mol. The van der Waals surface area contributed by atoms with E-state index in [-0.39, 0.29) is 38.4 Å². The van der Waals surface area contributed by atoms with Gasteiger partial charge in [0.25, 0.3) is 0 Å². The lowest BCUT2D eigenvalue weighted by atomic mass is 9.96. The lowest BCUT2D eigenvalue weighted by Crippen LogP contribution is -2.42. The zero-order valence-electron chi connectivity index (χ0n) is 16.4. The number of nitrogens with one attached hydrogen (secondary N) is 1. The van der Waals surface area contributed by atoms with Gasteiger partial charge in [0.15, 0.2) is 6.61 Å². The Morgan fingerprint density at radius 1 is 1.17 bits per heavy atom. The number of carbonyl (C=O) groups is 3. The van der Waals surface area contributed by atoms with Gasteiger partial charge in [-0.15, -0.1) is 11.3 Å². The Morgan fingerprint density at radius 2 is 1.79 bits per heavy atom. The number of aryl methyl sites for hydroxylation is 1. The molecule has 29 heavy (non-hydrogen) atoms. The first-order valence-corrected chi connectivity index (χ1v) is 9.91. The fourth-order valence-electron chi connectivity index (χ4n) is 2.94. The monoisotopic (exact) mass is 436 g/mol. The van der Waals surface area contributed by atoms with Crippen LogP contribution < -0.4 is 5.32 Å². The van der Waals surface area contributed by atoms with Gasteiger partial charge in [0.2, 0.25) is 5.91 Å². The molecule has 0 aliphatic carbocycles. The van der Waals surface area contributed by atoms with Gasteiger partial charge in [-0.05, 0) is 39.2 Å². The smallest absolute Gasteiger partial charge is 0.422 e. The summed E-state index contributed by atoms with van der Waals surface area (Å²) in [4.78, 5) is 38.5. The number of nitrogens with zero attached hydrogens (tertiary/aromatic N) is 1. The van der Waals surface area contributed by atoms with Crippen molar-refractivity contribution >= 4 is 34.3 Å². The Bertz CT molecular complexity index is 770. The van der Waals surface area contributed by atoms with Crippen molar-refractivity contribution in [3.63, 3.8) is 0 Å². The van der Waals surface area contributed by atoms with E-state index in [0.717, 1.165) is 15.3 Å². The molecule has 0 atom stereocenters. The molecule has 0 radical (unpaired) electrons. The molecular formula is C18H23F3N2O5S. The highest BCUT2D eigenvalue weighted by molar-refractivity contribution is 7.16. The van der Waals surface area contributed by atoms with Gasteiger partial charge in [-0.25, -0.2) is 9.59 Å². The molecule has 1 aliphatic heterocycles. The highest BCUT2D eigenvalue weighted by Gasteiger charge is 2.33. The Hall–Kier alpha value is -2.30. The number of piperidine rings is 1. The van der Waals surface area contributed by atoms with Crippen molar-refractivity contribution in [3.05, 3.63) is 16.0 Å². The Kier molecular flexibility index (Phi) is 7.50. The predicted molar refractivity (Wildman–Crippen MR) is 100 cm³/mol. The molecule has 0 unspecified atom stereocenters. The van der Waals surface area contributed by atoms with Crippen LogP contribution in [-0.2, 0) is 14.3 Å². The highest BCUT2D eigenvalue weighted by atomic mass is 32.1. The number of alkyl halides is 3. The summed E-state index contributed by atoms with van der Waals surface area (Å²) >= 11 is 1.28. The topological polar surface area (TPSA) is 84.9 Å². The molecule has 0 bridgehead atoms. The van der Waals surface area contributed by atoms with E-state index in [9.17, 15) is 27.6 Å². The van der Waals surface area contributed by atoms with E-state index in [1.165, 1.54) is 11.3 Å². The molecular weight excluding hydrogens is 413 g/mol. The molecule has 1 aromatic heterocycles. The average Bonchev–Trinajstić information content (AvgIpc) is 2.93. The molecule has 1 aliphatic rings. The second kappa shape index (κ2) is 9.47. The van der Waals surface area contributed by atoms with E-state index in [1.807, 2.05) is 6.92 Å². The molecule has 1 fully saturated rings. The van der Waals surface area contributed by atoms with E-state index in [2.05, 4.69) is 10.1 Å². The molecule has 1 saturated heterocycles. The largest absolute Gasteiger partial charge is 0.462 e. The third-order valence-corrected chi connectivity index (χ3v) is 5.71. The van der Waals surface area contributed by atoms with Gasteiger partial charge in [-0.3, -0.25) is 4.79 Å². The van der Waals surface area contributed by atoms with Crippen LogP contribution in [0.5, 0.6) is 0 Å². The highest BCUT2D eigenvalue weighted by Crippen LogP contribution is 2.34. The van der Waals surface area contributed by atoms with E-state index in [1.54, 1.807) is 13.8 Å². The Labute approximate surface area is 170 Å². The van der Waals surface area contributed by atoms with Crippen LogP contribution in [0.4, 0.5) is 23.0 Å². The van der Waals surface area contributed by atoms with Crippen molar-refractivity contribution in [2.45, 2.75) is 39.8 Å². The van der Waals surface area contributed by atoms with Crippen LogP contribution in [0.1, 0.15) is 40.6 Å². The van der Waals surface area contributed by atoms with Crippen LogP contribution in [0.2, 0.25) is 0 Å². The molecule has 162 valence electrons. The summed E-state index contributed by atoms with van der Waals surface area (Å²) in [6.45, 7) is 4.11.